The average molecular weight is 377 g/mol. The van der Waals surface area contributed by atoms with Crippen molar-refractivity contribution < 1.29 is 9.59 Å². The Morgan fingerprint density at radius 2 is 1.96 bits per heavy atom. The van der Waals surface area contributed by atoms with Crippen LogP contribution in [0.1, 0.15) is 38.5 Å². The maximum absolute atomic E-state index is 12.5. The van der Waals surface area contributed by atoms with Crippen molar-refractivity contribution in [2.75, 3.05) is 11.4 Å². The van der Waals surface area contributed by atoms with Crippen LogP contribution in [0.2, 0.25) is 0 Å². The number of benzene rings is 1. The van der Waals surface area contributed by atoms with E-state index in [4.69, 9.17) is 0 Å². The zero-order valence-electron chi connectivity index (χ0n) is 13.1. The number of carbonyl (C=O) groups is 2. The van der Waals surface area contributed by atoms with E-state index in [2.05, 4.69) is 27.3 Å². The molecule has 5 heteroatoms. The molecule has 1 aliphatic heterocycles. The van der Waals surface area contributed by atoms with Crippen LogP contribution in [0.3, 0.4) is 0 Å². The number of carbonyl (C=O) groups excluding carboxylic acids is 2. The van der Waals surface area contributed by atoms with Gasteiger partial charge in [-0.25, -0.2) is 4.90 Å². The Morgan fingerprint density at radius 1 is 1.17 bits per heavy atom. The number of nitrogens with zero attached hydrogens (tertiary/aromatic N) is 1. The lowest BCUT2D eigenvalue weighted by molar-refractivity contribution is -0.121. The first-order valence-corrected chi connectivity index (χ1v) is 8.98. The monoisotopic (exact) mass is 376 g/mol. The summed E-state index contributed by atoms with van der Waals surface area (Å²) in [5.74, 6) is -0.276. The quantitative estimate of drug-likeness (QED) is 0.631. The fraction of sp³-hybridized carbons (Fsp3) is 0.444. The molecule has 1 aromatic rings. The SMILES string of the molecule is O=C1CC(NCCC2=CCCCC2)C(=O)N1c1ccc(Br)cc1. The molecular formula is C18H21BrN2O2. The van der Waals surface area contributed by atoms with Crippen molar-refractivity contribution in [2.24, 2.45) is 0 Å². The zero-order chi connectivity index (χ0) is 16.2. The van der Waals surface area contributed by atoms with Gasteiger partial charge in [0.25, 0.3) is 5.91 Å². The average Bonchev–Trinajstić information content (AvgIpc) is 2.84. The molecule has 1 atom stereocenters. The van der Waals surface area contributed by atoms with Gasteiger partial charge in [0, 0.05) is 4.47 Å². The van der Waals surface area contributed by atoms with Gasteiger partial charge in [-0.1, -0.05) is 27.6 Å². The van der Waals surface area contributed by atoms with E-state index in [-0.39, 0.29) is 18.2 Å². The minimum absolute atomic E-state index is 0.133. The van der Waals surface area contributed by atoms with E-state index in [1.54, 1.807) is 12.1 Å². The lowest BCUT2D eigenvalue weighted by Gasteiger charge is -2.17. The maximum Gasteiger partial charge on any atom is 0.251 e. The van der Waals surface area contributed by atoms with Gasteiger partial charge in [-0.15, -0.1) is 0 Å². The van der Waals surface area contributed by atoms with Crippen LogP contribution < -0.4 is 10.2 Å². The molecule has 1 fully saturated rings. The van der Waals surface area contributed by atoms with Crippen molar-refractivity contribution in [3.05, 3.63) is 40.4 Å². The summed E-state index contributed by atoms with van der Waals surface area (Å²) < 4.78 is 0.927. The first-order chi connectivity index (χ1) is 11.1. The van der Waals surface area contributed by atoms with E-state index in [1.807, 2.05) is 12.1 Å². The smallest absolute Gasteiger partial charge is 0.251 e. The molecule has 1 N–H and O–H groups in total. The number of anilines is 1. The third-order valence-electron chi connectivity index (χ3n) is 4.45. The number of hydrogen-bond acceptors (Lipinski definition) is 3. The summed E-state index contributed by atoms with van der Waals surface area (Å²) in [6.07, 6.45) is 8.43. The summed E-state index contributed by atoms with van der Waals surface area (Å²) in [6, 6.07) is 6.86. The van der Waals surface area contributed by atoms with Crippen molar-refractivity contribution in [3.8, 4) is 0 Å². The molecule has 3 rings (SSSR count). The van der Waals surface area contributed by atoms with Crippen LogP contribution in [-0.4, -0.2) is 24.4 Å². The van der Waals surface area contributed by atoms with Gasteiger partial charge in [-0.05, 0) is 62.9 Å². The molecule has 1 aromatic carbocycles. The highest BCUT2D eigenvalue weighted by Crippen LogP contribution is 2.25. The number of amides is 2. The highest BCUT2D eigenvalue weighted by molar-refractivity contribution is 9.10. The molecule has 122 valence electrons. The van der Waals surface area contributed by atoms with Gasteiger partial charge in [0.1, 0.15) is 0 Å². The minimum Gasteiger partial charge on any atom is -0.305 e. The Kier molecular flexibility index (Phi) is 5.28. The molecule has 0 saturated carbocycles. The summed E-state index contributed by atoms with van der Waals surface area (Å²) in [5.41, 5.74) is 2.12. The molecule has 2 aliphatic rings. The molecule has 1 saturated heterocycles. The Labute approximate surface area is 145 Å². The van der Waals surface area contributed by atoms with Gasteiger partial charge in [-0.3, -0.25) is 9.59 Å². The summed E-state index contributed by atoms with van der Waals surface area (Å²) in [5, 5.41) is 3.26. The van der Waals surface area contributed by atoms with Crippen LogP contribution >= 0.6 is 15.9 Å². The first-order valence-electron chi connectivity index (χ1n) is 8.19. The van der Waals surface area contributed by atoms with Gasteiger partial charge < -0.3 is 5.32 Å². The largest absolute Gasteiger partial charge is 0.305 e. The number of allylic oxidation sites excluding steroid dienone is 1. The second-order valence-electron chi connectivity index (χ2n) is 6.11. The van der Waals surface area contributed by atoms with Crippen LogP contribution in [0.15, 0.2) is 40.4 Å². The van der Waals surface area contributed by atoms with E-state index in [0.717, 1.165) is 17.4 Å². The van der Waals surface area contributed by atoms with Crippen molar-refractivity contribution >= 4 is 33.4 Å². The number of nitrogens with one attached hydrogen (secondary N) is 1. The van der Waals surface area contributed by atoms with Crippen molar-refractivity contribution in [2.45, 2.75) is 44.6 Å². The fourth-order valence-electron chi connectivity index (χ4n) is 3.19. The van der Waals surface area contributed by atoms with Crippen molar-refractivity contribution in [3.63, 3.8) is 0 Å². The molecule has 1 unspecified atom stereocenters. The van der Waals surface area contributed by atoms with E-state index in [1.165, 1.54) is 36.2 Å². The number of hydrogen-bond donors (Lipinski definition) is 1. The number of imide groups is 1. The van der Waals surface area contributed by atoms with Crippen molar-refractivity contribution in [1.29, 1.82) is 0 Å². The van der Waals surface area contributed by atoms with Crippen LogP contribution in [0, 0.1) is 0 Å². The molecule has 0 bridgehead atoms. The van der Waals surface area contributed by atoms with Gasteiger partial charge in [0.15, 0.2) is 0 Å². The maximum atomic E-state index is 12.5. The molecule has 1 aliphatic carbocycles. The fourth-order valence-corrected chi connectivity index (χ4v) is 3.46. The predicted molar refractivity (Wildman–Crippen MR) is 94.2 cm³/mol. The summed E-state index contributed by atoms with van der Waals surface area (Å²) in [6.45, 7) is 0.754. The molecule has 4 nitrogen and oxygen atoms in total. The van der Waals surface area contributed by atoms with Gasteiger partial charge in [0.05, 0.1) is 18.2 Å². The van der Waals surface area contributed by atoms with Gasteiger partial charge in [0.2, 0.25) is 5.91 Å². The number of rotatable bonds is 5. The normalized spacial score (nSPS) is 21.7. The van der Waals surface area contributed by atoms with E-state index in [0.29, 0.717) is 5.69 Å². The topological polar surface area (TPSA) is 49.4 Å². The molecule has 23 heavy (non-hydrogen) atoms. The molecular weight excluding hydrogens is 356 g/mol. The third-order valence-corrected chi connectivity index (χ3v) is 4.98. The van der Waals surface area contributed by atoms with Gasteiger partial charge in [-0.2, -0.15) is 0 Å². The first kappa shape index (κ1) is 16.4. The van der Waals surface area contributed by atoms with Crippen LogP contribution in [-0.2, 0) is 9.59 Å². The standard InChI is InChI=1S/C18H21BrN2O2/c19-14-6-8-15(9-7-14)21-17(22)12-16(18(21)23)20-11-10-13-4-2-1-3-5-13/h4,6-9,16,20H,1-3,5,10-12H2. The van der Waals surface area contributed by atoms with Gasteiger partial charge >= 0.3 is 0 Å². The molecule has 1 heterocycles. The molecule has 0 radical (unpaired) electrons. The Balaban J connectivity index is 1.57. The van der Waals surface area contributed by atoms with Crippen LogP contribution in [0.5, 0.6) is 0 Å². The summed E-state index contributed by atoms with van der Waals surface area (Å²) >= 11 is 3.36. The third kappa shape index (κ3) is 3.90. The lowest BCUT2D eigenvalue weighted by Crippen LogP contribution is -2.39. The summed E-state index contributed by atoms with van der Waals surface area (Å²) in [7, 11) is 0. The number of halogens is 1. The van der Waals surface area contributed by atoms with E-state index < -0.39 is 6.04 Å². The lowest BCUT2D eigenvalue weighted by atomic mass is 9.97. The minimum atomic E-state index is -0.393. The molecule has 0 spiro atoms. The van der Waals surface area contributed by atoms with Crippen LogP contribution in [0.4, 0.5) is 5.69 Å². The van der Waals surface area contributed by atoms with Crippen LogP contribution in [0.25, 0.3) is 0 Å². The molecule has 2 amide bonds. The second-order valence-corrected chi connectivity index (χ2v) is 7.03. The zero-order valence-corrected chi connectivity index (χ0v) is 14.6. The highest BCUT2D eigenvalue weighted by Gasteiger charge is 2.39. The van der Waals surface area contributed by atoms with E-state index in [9.17, 15) is 9.59 Å². The molecule has 0 aromatic heterocycles. The summed E-state index contributed by atoms with van der Waals surface area (Å²) in [4.78, 5) is 26.0. The second kappa shape index (κ2) is 7.41. The van der Waals surface area contributed by atoms with E-state index >= 15 is 0 Å². The Hall–Kier alpha value is -1.46. The highest BCUT2D eigenvalue weighted by atomic mass is 79.9. The predicted octanol–water partition coefficient (Wildman–Crippen LogP) is 3.56. The Bertz CT molecular complexity index is 624. The van der Waals surface area contributed by atoms with Crippen molar-refractivity contribution in [1.82, 2.24) is 5.32 Å². The Morgan fingerprint density at radius 3 is 2.65 bits per heavy atom.